The van der Waals surface area contributed by atoms with Gasteiger partial charge in [0, 0.05) is 24.7 Å². The summed E-state index contributed by atoms with van der Waals surface area (Å²) in [7, 11) is 1.75. The minimum atomic E-state index is 0.507. The van der Waals surface area contributed by atoms with E-state index < -0.39 is 0 Å². The van der Waals surface area contributed by atoms with Crippen molar-refractivity contribution in [3.05, 3.63) is 29.3 Å². The molecule has 0 aliphatic heterocycles. The van der Waals surface area contributed by atoms with E-state index in [0.29, 0.717) is 6.04 Å². The van der Waals surface area contributed by atoms with Gasteiger partial charge in [0.25, 0.3) is 0 Å². The molecule has 0 aromatic heterocycles. The molecular formula is C17H30N2O. The molecule has 0 amide bonds. The van der Waals surface area contributed by atoms with E-state index in [0.717, 1.165) is 31.9 Å². The summed E-state index contributed by atoms with van der Waals surface area (Å²) in [6.45, 7) is 12.9. The average molecular weight is 278 g/mol. The molecule has 0 bridgehead atoms. The zero-order valence-corrected chi connectivity index (χ0v) is 13.7. The topological polar surface area (TPSA) is 24.5 Å². The Morgan fingerprint density at radius 2 is 2.00 bits per heavy atom. The van der Waals surface area contributed by atoms with Crippen LogP contribution in [0.5, 0.6) is 5.75 Å². The van der Waals surface area contributed by atoms with Gasteiger partial charge in [0.2, 0.25) is 0 Å². The summed E-state index contributed by atoms with van der Waals surface area (Å²) in [5.41, 5.74) is 2.60. The van der Waals surface area contributed by atoms with Gasteiger partial charge >= 0.3 is 0 Å². The molecule has 0 unspecified atom stereocenters. The first-order valence-corrected chi connectivity index (χ1v) is 7.72. The minimum absolute atomic E-state index is 0.507. The van der Waals surface area contributed by atoms with Gasteiger partial charge in [0.1, 0.15) is 5.75 Å². The molecule has 114 valence electrons. The zero-order chi connectivity index (χ0) is 15.0. The summed E-state index contributed by atoms with van der Waals surface area (Å²) in [6.07, 6.45) is 1.19. The lowest BCUT2D eigenvalue weighted by Crippen LogP contribution is -2.24. The van der Waals surface area contributed by atoms with Crippen molar-refractivity contribution in [1.82, 2.24) is 10.2 Å². The van der Waals surface area contributed by atoms with E-state index in [1.165, 1.54) is 17.5 Å². The van der Waals surface area contributed by atoms with E-state index in [2.05, 4.69) is 56.1 Å². The van der Waals surface area contributed by atoms with Crippen LogP contribution >= 0.6 is 0 Å². The Morgan fingerprint density at radius 3 is 2.55 bits per heavy atom. The molecule has 0 saturated carbocycles. The van der Waals surface area contributed by atoms with E-state index in [1.54, 1.807) is 7.11 Å². The van der Waals surface area contributed by atoms with E-state index >= 15 is 0 Å². The van der Waals surface area contributed by atoms with Gasteiger partial charge in [-0.1, -0.05) is 33.8 Å². The standard InChI is InChI=1S/C17H30N2O/c1-6-10-19(7-2)13-16-11-15(12-18-14(3)4)8-9-17(16)20-5/h8-9,11,14,18H,6-7,10,12-13H2,1-5H3. The highest BCUT2D eigenvalue weighted by Gasteiger charge is 2.09. The first kappa shape index (κ1) is 17.0. The molecule has 0 radical (unpaired) electrons. The Labute approximate surface area is 124 Å². The molecule has 0 aliphatic carbocycles. The lowest BCUT2D eigenvalue weighted by Gasteiger charge is -2.21. The molecule has 0 fully saturated rings. The van der Waals surface area contributed by atoms with E-state index in [4.69, 9.17) is 4.74 Å². The molecule has 0 aliphatic rings. The van der Waals surface area contributed by atoms with Crippen LogP contribution in [0.25, 0.3) is 0 Å². The van der Waals surface area contributed by atoms with Gasteiger partial charge in [-0.3, -0.25) is 4.90 Å². The number of benzene rings is 1. The van der Waals surface area contributed by atoms with Gasteiger partial charge in [-0.05, 0) is 37.2 Å². The fourth-order valence-corrected chi connectivity index (χ4v) is 2.29. The van der Waals surface area contributed by atoms with Crippen LogP contribution in [-0.2, 0) is 13.1 Å². The van der Waals surface area contributed by atoms with E-state index in [9.17, 15) is 0 Å². The van der Waals surface area contributed by atoms with Crippen LogP contribution in [0.3, 0.4) is 0 Å². The molecule has 1 rings (SSSR count). The lowest BCUT2D eigenvalue weighted by molar-refractivity contribution is 0.275. The summed E-state index contributed by atoms with van der Waals surface area (Å²) in [4.78, 5) is 2.46. The van der Waals surface area contributed by atoms with Crippen molar-refractivity contribution < 1.29 is 4.74 Å². The van der Waals surface area contributed by atoms with Crippen LogP contribution in [0, 0.1) is 0 Å². The Balaban J connectivity index is 2.82. The number of methoxy groups -OCH3 is 1. The molecule has 0 atom stereocenters. The maximum Gasteiger partial charge on any atom is 0.123 e. The van der Waals surface area contributed by atoms with Crippen LogP contribution < -0.4 is 10.1 Å². The van der Waals surface area contributed by atoms with Crippen LogP contribution in [0.2, 0.25) is 0 Å². The fraction of sp³-hybridized carbons (Fsp3) is 0.647. The smallest absolute Gasteiger partial charge is 0.123 e. The van der Waals surface area contributed by atoms with Crippen molar-refractivity contribution in [2.45, 2.75) is 53.2 Å². The van der Waals surface area contributed by atoms with Crippen molar-refractivity contribution in [2.24, 2.45) is 0 Å². The molecule has 3 heteroatoms. The highest BCUT2D eigenvalue weighted by molar-refractivity contribution is 5.37. The van der Waals surface area contributed by atoms with Gasteiger partial charge in [-0.15, -0.1) is 0 Å². The van der Waals surface area contributed by atoms with Crippen molar-refractivity contribution >= 4 is 0 Å². The third-order valence-corrected chi connectivity index (χ3v) is 3.44. The van der Waals surface area contributed by atoms with E-state index in [-0.39, 0.29) is 0 Å². The van der Waals surface area contributed by atoms with Crippen molar-refractivity contribution in [3.8, 4) is 5.75 Å². The predicted octanol–water partition coefficient (Wildman–Crippen LogP) is 3.43. The number of hydrogen-bond acceptors (Lipinski definition) is 3. The minimum Gasteiger partial charge on any atom is -0.496 e. The second-order valence-corrected chi connectivity index (χ2v) is 5.55. The number of ether oxygens (including phenoxy) is 1. The SMILES string of the molecule is CCCN(CC)Cc1cc(CNC(C)C)ccc1OC. The fourth-order valence-electron chi connectivity index (χ4n) is 2.29. The van der Waals surface area contributed by atoms with Crippen LogP contribution in [-0.4, -0.2) is 31.1 Å². The third-order valence-electron chi connectivity index (χ3n) is 3.44. The third kappa shape index (κ3) is 5.51. The van der Waals surface area contributed by atoms with E-state index in [1.807, 2.05) is 0 Å². The monoisotopic (exact) mass is 278 g/mol. The Hall–Kier alpha value is -1.06. The summed E-state index contributed by atoms with van der Waals surface area (Å²) in [6, 6.07) is 7.01. The van der Waals surface area contributed by atoms with Crippen LogP contribution in [0.15, 0.2) is 18.2 Å². The molecule has 1 N–H and O–H groups in total. The maximum atomic E-state index is 5.50. The molecule has 3 nitrogen and oxygen atoms in total. The highest BCUT2D eigenvalue weighted by Crippen LogP contribution is 2.22. The van der Waals surface area contributed by atoms with Gasteiger partial charge < -0.3 is 10.1 Å². The van der Waals surface area contributed by atoms with Gasteiger partial charge in [-0.25, -0.2) is 0 Å². The van der Waals surface area contributed by atoms with Crippen molar-refractivity contribution in [1.29, 1.82) is 0 Å². The normalized spacial score (nSPS) is 11.3. The number of nitrogens with one attached hydrogen (secondary N) is 1. The Bertz CT molecular complexity index is 391. The molecule has 1 aromatic carbocycles. The Kier molecular flexibility index (Phi) is 7.63. The summed E-state index contributed by atoms with van der Waals surface area (Å²) >= 11 is 0. The van der Waals surface area contributed by atoms with Crippen molar-refractivity contribution in [2.75, 3.05) is 20.2 Å². The lowest BCUT2D eigenvalue weighted by atomic mass is 10.1. The Morgan fingerprint density at radius 1 is 1.25 bits per heavy atom. The van der Waals surface area contributed by atoms with Crippen LogP contribution in [0.1, 0.15) is 45.2 Å². The first-order valence-electron chi connectivity index (χ1n) is 7.72. The second-order valence-electron chi connectivity index (χ2n) is 5.55. The predicted molar refractivity (Wildman–Crippen MR) is 86.2 cm³/mol. The van der Waals surface area contributed by atoms with Gasteiger partial charge in [0.05, 0.1) is 7.11 Å². The largest absolute Gasteiger partial charge is 0.496 e. The zero-order valence-electron chi connectivity index (χ0n) is 13.7. The molecule has 0 spiro atoms. The summed E-state index contributed by atoms with van der Waals surface area (Å²) < 4.78 is 5.50. The number of hydrogen-bond donors (Lipinski definition) is 1. The molecule has 20 heavy (non-hydrogen) atoms. The highest BCUT2D eigenvalue weighted by atomic mass is 16.5. The van der Waals surface area contributed by atoms with Gasteiger partial charge in [0.15, 0.2) is 0 Å². The summed E-state index contributed by atoms with van der Waals surface area (Å²) in [5, 5.41) is 3.46. The number of rotatable bonds is 9. The van der Waals surface area contributed by atoms with Crippen molar-refractivity contribution in [3.63, 3.8) is 0 Å². The molecule has 1 aromatic rings. The average Bonchev–Trinajstić information content (AvgIpc) is 2.44. The number of nitrogens with zero attached hydrogens (tertiary/aromatic N) is 1. The maximum absolute atomic E-state index is 5.50. The second kappa shape index (κ2) is 8.98. The van der Waals surface area contributed by atoms with Crippen LogP contribution in [0.4, 0.5) is 0 Å². The molecule has 0 saturated heterocycles. The molecule has 0 heterocycles. The quantitative estimate of drug-likeness (QED) is 0.749. The van der Waals surface area contributed by atoms with Gasteiger partial charge in [-0.2, -0.15) is 0 Å². The first-order chi connectivity index (χ1) is 9.60. The molecular weight excluding hydrogens is 248 g/mol. The summed E-state index contributed by atoms with van der Waals surface area (Å²) in [5.74, 6) is 0.993.